The van der Waals surface area contributed by atoms with Crippen molar-refractivity contribution in [1.29, 1.82) is 0 Å². The van der Waals surface area contributed by atoms with Crippen molar-refractivity contribution in [3.05, 3.63) is 65.4 Å². The molecule has 0 atom stereocenters. The van der Waals surface area contributed by atoms with E-state index in [1.807, 2.05) is 38.1 Å². The van der Waals surface area contributed by atoms with Crippen molar-refractivity contribution >= 4 is 17.6 Å². The number of nitrogens with zero attached hydrogens (tertiary/aromatic N) is 2. The van der Waals surface area contributed by atoms with Crippen LogP contribution in [0.2, 0.25) is 0 Å². The molecule has 0 bridgehead atoms. The lowest BCUT2D eigenvalue weighted by molar-refractivity contribution is 0.102. The van der Waals surface area contributed by atoms with Crippen molar-refractivity contribution in [3.8, 4) is 17.0 Å². The van der Waals surface area contributed by atoms with Crippen LogP contribution in [0, 0.1) is 6.92 Å². The molecule has 7 heteroatoms. The highest BCUT2D eigenvalue weighted by molar-refractivity contribution is 6.05. The van der Waals surface area contributed by atoms with Crippen molar-refractivity contribution in [1.82, 2.24) is 15.1 Å². The van der Waals surface area contributed by atoms with Crippen LogP contribution >= 0.6 is 0 Å². The summed E-state index contributed by atoms with van der Waals surface area (Å²) in [6.07, 6.45) is 2.87. The summed E-state index contributed by atoms with van der Waals surface area (Å²) in [6, 6.07) is 13.8. The molecule has 1 aliphatic carbocycles. The lowest BCUT2D eigenvalue weighted by Gasteiger charge is -2.10. The fourth-order valence-corrected chi connectivity index (χ4v) is 3.51. The van der Waals surface area contributed by atoms with Gasteiger partial charge >= 0.3 is 6.03 Å². The number of aromatic nitrogens is 2. The Morgan fingerprint density at radius 2 is 1.94 bits per heavy atom. The molecule has 3 aromatic rings. The van der Waals surface area contributed by atoms with Gasteiger partial charge in [-0.05, 0) is 62.1 Å². The van der Waals surface area contributed by atoms with Gasteiger partial charge in [0, 0.05) is 29.3 Å². The van der Waals surface area contributed by atoms with E-state index < -0.39 is 0 Å². The summed E-state index contributed by atoms with van der Waals surface area (Å²) in [5.41, 5.74) is 3.82. The monoisotopic (exact) mass is 418 g/mol. The number of anilines is 1. The number of benzene rings is 2. The smallest absolute Gasteiger partial charge is 0.342 e. The van der Waals surface area contributed by atoms with Crippen LogP contribution in [0.25, 0.3) is 11.3 Å². The lowest BCUT2D eigenvalue weighted by Crippen LogP contribution is -2.31. The second kappa shape index (κ2) is 8.63. The third-order valence-electron chi connectivity index (χ3n) is 5.37. The summed E-state index contributed by atoms with van der Waals surface area (Å²) in [5, 5.41) is 20.7. The SMILES string of the molecule is CCCNC(=O)n1nc(-c2cc(NC(=O)c3ccccc3C)ccc2O)cc1C1CC1. The molecule has 7 nitrogen and oxygen atoms in total. The Labute approximate surface area is 181 Å². The molecular weight excluding hydrogens is 392 g/mol. The first-order valence-electron chi connectivity index (χ1n) is 10.6. The highest BCUT2D eigenvalue weighted by Crippen LogP contribution is 2.42. The maximum atomic E-state index is 12.7. The Morgan fingerprint density at radius 3 is 2.65 bits per heavy atom. The Balaban J connectivity index is 1.63. The van der Waals surface area contributed by atoms with Crippen LogP contribution in [-0.4, -0.2) is 33.4 Å². The molecule has 2 aromatic carbocycles. The van der Waals surface area contributed by atoms with E-state index in [0.29, 0.717) is 35.0 Å². The highest BCUT2D eigenvalue weighted by Gasteiger charge is 2.30. The topological polar surface area (TPSA) is 96.3 Å². The number of phenols is 1. The molecule has 160 valence electrons. The van der Waals surface area contributed by atoms with Crippen molar-refractivity contribution in [2.24, 2.45) is 0 Å². The van der Waals surface area contributed by atoms with Gasteiger partial charge in [0.1, 0.15) is 5.75 Å². The average molecular weight is 418 g/mol. The molecule has 1 aromatic heterocycles. The first-order chi connectivity index (χ1) is 15.0. The molecule has 1 saturated carbocycles. The summed E-state index contributed by atoms with van der Waals surface area (Å²) in [7, 11) is 0. The van der Waals surface area contributed by atoms with Crippen LogP contribution in [0.15, 0.2) is 48.5 Å². The van der Waals surface area contributed by atoms with Crippen LogP contribution in [0.5, 0.6) is 5.75 Å². The number of phenolic OH excluding ortho intramolecular Hbond substituents is 1. The van der Waals surface area contributed by atoms with E-state index in [4.69, 9.17) is 0 Å². The third kappa shape index (κ3) is 4.45. The largest absolute Gasteiger partial charge is 0.507 e. The summed E-state index contributed by atoms with van der Waals surface area (Å²) in [6.45, 7) is 4.45. The number of rotatable bonds is 6. The van der Waals surface area contributed by atoms with Crippen LogP contribution in [0.1, 0.15) is 53.7 Å². The van der Waals surface area contributed by atoms with Crippen LogP contribution < -0.4 is 10.6 Å². The van der Waals surface area contributed by atoms with Crippen molar-refractivity contribution in [2.75, 3.05) is 11.9 Å². The van der Waals surface area contributed by atoms with Gasteiger partial charge in [0.05, 0.1) is 11.4 Å². The standard InChI is InChI=1S/C24H26N4O3/c1-3-12-25-24(31)28-21(16-8-9-16)14-20(27-28)19-13-17(10-11-22(19)29)26-23(30)18-7-5-4-6-15(18)2/h4-7,10-11,13-14,16,29H,3,8-9,12H2,1-2H3,(H,25,31)(H,26,30). The third-order valence-corrected chi connectivity index (χ3v) is 5.37. The zero-order valence-corrected chi connectivity index (χ0v) is 17.7. The van der Waals surface area contributed by atoms with Gasteiger partial charge in [-0.2, -0.15) is 9.78 Å². The van der Waals surface area contributed by atoms with Crippen LogP contribution in [0.4, 0.5) is 10.5 Å². The molecule has 0 aliphatic heterocycles. The molecule has 4 rings (SSSR count). The summed E-state index contributed by atoms with van der Waals surface area (Å²) in [5.74, 6) is 0.118. The summed E-state index contributed by atoms with van der Waals surface area (Å²) < 4.78 is 1.40. The van der Waals surface area contributed by atoms with E-state index in [9.17, 15) is 14.7 Å². The number of hydrogen-bond acceptors (Lipinski definition) is 4. The van der Waals surface area contributed by atoms with Crippen molar-refractivity contribution < 1.29 is 14.7 Å². The van der Waals surface area contributed by atoms with Gasteiger partial charge in [0.25, 0.3) is 5.91 Å². The molecule has 31 heavy (non-hydrogen) atoms. The number of aryl methyl sites for hydroxylation is 1. The van der Waals surface area contributed by atoms with E-state index >= 15 is 0 Å². The van der Waals surface area contributed by atoms with Gasteiger partial charge in [-0.1, -0.05) is 25.1 Å². The number of hydrogen-bond donors (Lipinski definition) is 3. The van der Waals surface area contributed by atoms with E-state index in [-0.39, 0.29) is 17.7 Å². The lowest BCUT2D eigenvalue weighted by atomic mass is 10.1. The fourth-order valence-electron chi connectivity index (χ4n) is 3.51. The summed E-state index contributed by atoms with van der Waals surface area (Å²) >= 11 is 0. The Bertz CT molecular complexity index is 1130. The zero-order valence-electron chi connectivity index (χ0n) is 17.7. The number of amides is 2. The molecule has 1 heterocycles. The van der Waals surface area contributed by atoms with Gasteiger partial charge in [0.2, 0.25) is 0 Å². The summed E-state index contributed by atoms with van der Waals surface area (Å²) in [4.78, 5) is 25.2. The van der Waals surface area contributed by atoms with E-state index in [1.165, 1.54) is 10.7 Å². The maximum Gasteiger partial charge on any atom is 0.342 e. The molecule has 0 unspecified atom stereocenters. The molecule has 0 radical (unpaired) electrons. The quantitative estimate of drug-likeness (QED) is 0.507. The van der Waals surface area contributed by atoms with Crippen LogP contribution in [-0.2, 0) is 0 Å². The van der Waals surface area contributed by atoms with Gasteiger partial charge in [-0.25, -0.2) is 4.79 Å². The first-order valence-corrected chi connectivity index (χ1v) is 10.6. The minimum Gasteiger partial charge on any atom is -0.507 e. The fraction of sp³-hybridized carbons (Fsp3) is 0.292. The van der Waals surface area contributed by atoms with E-state index in [0.717, 1.165) is 30.5 Å². The Kier molecular flexibility index (Phi) is 5.75. The highest BCUT2D eigenvalue weighted by atomic mass is 16.3. The van der Waals surface area contributed by atoms with Crippen molar-refractivity contribution in [2.45, 2.75) is 39.0 Å². The first kappa shape index (κ1) is 20.7. The molecular formula is C24H26N4O3. The Morgan fingerprint density at radius 1 is 1.16 bits per heavy atom. The zero-order chi connectivity index (χ0) is 22.0. The van der Waals surface area contributed by atoms with Crippen LogP contribution in [0.3, 0.4) is 0 Å². The number of carbonyl (C=O) groups excluding carboxylic acids is 2. The minimum atomic E-state index is -0.265. The van der Waals surface area contributed by atoms with E-state index in [2.05, 4.69) is 15.7 Å². The molecule has 1 aliphatic rings. The molecule has 1 fully saturated rings. The number of nitrogens with one attached hydrogen (secondary N) is 2. The van der Waals surface area contributed by atoms with Crippen molar-refractivity contribution in [3.63, 3.8) is 0 Å². The Hall–Kier alpha value is -3.61. The molecule has 2 amide bonds. The molecule has 0 saturated heterocycles. The molecule has 0 spiro atoms. The normalized spacial score (nSPS) is 13.1. The number of aromatic hydroxyl groups is 1. The maximum absolute atomic E-state index is 12.7. The second-order valence-corrected chi connectivity index (χ2v) is 7.87. The average Bonchev–Trinajstić information content (AvgIpc) is 3.52. The van der Waals surface area contributed by atoms with Gasteiger partial charge < -0.3 is 15.7 Å². The van der Waals surface area contributed by atoms with Gasteiger partial charge in [0.15, 0.2) is 0 Å². The predicted octanol–water partition coefficient (Wildman–Crippen LogP) is 4.66. The predicted molar refractivity (Wildman–Crippen MR) is 120 cm³/mol. The molecule has 3 N–H and O–H groups in total. The number of carbonyl (C=O) groups is 2. The van der Waals surface area contributed by atoms with E-state index in [1.54, 1.807) is 18.2 Å². The van der Waals surface area contributed by atoms with Gasteiger partial charge in [-0.3, -0.25) is 4.79 Å². The minimum absolute atomic E-state index is 0.0369. The van der Waals surface area contributed by atoms with Gasteiger partial charge in [-0.15, -0.1) is 0 Å². The second-order valence-electron chi connectivity index (χ2n) is 7.87.